The number of hydrogen-bond acceptors (Lipinski definition) is 6. The predicted molar refractivity (Wildman–Crippen MR) is 142 cm³/mol. The molecule has 3 aromatic carbocycles. The molecule has 0 saturated heterocycles. The van der Waals surface area contributed by atoms with Crippen molar-refractivity contribution in [2.24, 2.45) is 5.10 Å². The van der Waals surface area contributed by atoms with E-state index in [1.54, 1.807) is 31.4 Å². The third kappa shape index (κ3) is 4.66. The molecular weight excluding hydrogens is 510 g/mol. The van der Waals surface area contributed by atoms with E-state index in [9.17, 15) is 9.90 Å². The fourth-order valence-electron chi connectivity index (χ4n) is 3.94. The molecule has 0 aliphatic carbocycles. The summed E-state index contributed by atoms with van der Waals surface area (Å²) in [5, 5.41) is 15.5. The molecule has 0 unspecified atom stereocenters. The third-order valence-electron chi connectivity index (χ3n) is 5.79. The van der Waals surface area contributed by atoms with Gasteiger partial charge in [0, 0.05) is 15.6 Å². The van der Waals surface area contributed by atoms with Crippen molar-refractivity contribution < 1.29 is 14.6 Å². The third-order valence-corrected chi connectivity index (χ3v) is 6.25. The van der Waals surface area contributed by atoms with Crippen molar-refractivity contribution in [3.05, 3.63) is 80.0 Å². The van der Waals surface area contributed by atoms with Crippen LogP contribution in [-0.4, -0.2) is 35.2 Å². The molecule has 0 fully saturated rings. The summed E-state index contributed by atoms with van der Waals surface area (Å²) in [6.45, 7) is 6.11. The lowest BCUT2D eigenvalue weighted by Crippen LogP contribution is -2.20. The smallest absolute Gasteiger partial charge is 0.282 e. The van der Waals surface area contributed by atoms with Gasteiger partial charge >= 0.3 is 0 Å². The molecule has 1 heterocycles. The van der Waals surface area contributed by atoms with Gasteiger partial charge in [-0.1, -0.05) is 41.9 Å². The highest BCUT2D eigenvalue weighted by atomic mass is 79.9. The van der Waals surface area contributed by atoms with Crippen molar-refractivity contribution in [3.8, 4) is 28.6 Å². The first-order valence-electron chi connectivity index (χ1n) is 11.1. The van der Waals surface area contributed by atoms with E-state index in [4.69, 9.17) is 14.5 Å². The average molecular weight is 536 g/mol. The quantitative estimate of drug-likeness (QED) is 0.312. The van der Waals surface area contributed by atoms with Crippen LogP contribution in [0.5, 0.6) is 17.2 Å². The van der Waals surface area contributed by atoms with Gasteiger partial charge in [-0.15, -0.1) is 0 Å². The SMILES string of the molecule is COc1cc(C)c(-c2nc3ccccc3c(=O)n2N=Cc2cc(Br)cc(OC)c2O)cc1C(C)C. The van der Waals surface area contributed by atoms with Gasteiger partial charge < -0.3 is 14.6 Å². The number of halogens is 1. The average Bonchev–Trinajstić information content (AvgIpc) is 2.84. The van der Waals surface area contributed by atoms with Gasteiger partial charge in [0.2, 0.25) is 0 Å². The summed E-state index contributed by atoms with van der Waals surface area (Å²) in [5.41, 5.74) is 3.31. The molecule has 0 saturated carbocycles. The normalized spacial score (nSPS) is 11.5. The van der Waals surface area contributed by atoms with Crippen molar-refractivity contribution in [1.29, 1.82) is 0 Å². The number of methoxy groups -OCH3 is 2. The van der Waals surface area contributed by atoms with Crippen LogP contribution >= 0.6 is 15.9 Å². The van der Waals surface area contributed by atoms with Crippen LogP contribution in [0.15, 0.2) is 62.9 Å². The van der Waals surface area contributed by atoms with Crippen LogP contribution in [0.2, 0.25) is 0 Å². The van der Waals surface area contributed by atoms with Gasteiger partial charge in [-0.2, -0.15) is 9.78 Å². The summed E-state index contributed by atoms with van der Waals surface area (Å²) in [6, 6.07) is 14.5. The Morgan fingerprint density at radius 1 is 1.09 bits per heavy atom. The number of nitrogens with zero attached hydrogens (tertiary/aromatic N) is 3. The molecule has 0 spiro atoms. The Kier molecular flexibility index (Phi) is 6.93. The Bertz CT molecular complexity index is 1510. The van der Waals surface area contributed by atoms with Crippen LogP contribution < -0.4 is 15.0 Å². The van der Waals surface area contributed by atoms with Crippen LogP contribution in [-0.2, 0) is 0 Å². The molecule has 0 amide bonds. The highest BCUT2D eigenvalue weighted by molar-refractivity contribution is 9.10. The number of ether oxygens (including phenoxy) is 2. The first-order valence-corrected chi connectivity index (χ1v) is 11.9. The largest absolute Gasteiger partial charge is 0.504 e. The minimum Gasteiger partial charge on any atom is -0.504 e. The zero-order valence-electron chi connectivity index (χ0n) is 20.2. The summed E-state index contributed by atoms with van der Waals surface area (Å²) in [4.78, 5) is 18.4. The van der Waals surface area contributed by atoms with Crippen molar-refractivity contribution in [2.75, 3.05) is 14.2 Å². The summed E-state index contributed by atoms with van der Waals surface area (Å²) in [7, 11) is 3.12. The molecule has 0 aliphatic rings. The lowest BCUT2D eigenvalue weighted by molar-refractivity contribution is 0.373. The van der Waals surface area contributed by atoms with Gasteiger partial charge in [0.15, 0.2) is 17.3 Å². The van der Waals surface area contributed by atoms with Gasteiger partial charge in [0.05, 0.1) is 31.3 Å². The molecule has 0 atom stereocenters. The van der Waals surface area contributed by atoms with E-state index in [1.165, 1.54) is 18.0 Å². The van der Waals surface area contributed by atoms with Crippen LogP contribution in [0.4, 0.5) is 0 Å². The number of phenolic OH excluding ortho intramolecular Hbond substituents is 1. The first kappa shape index (κ1) is 24.5. The molecule has 1 aromatic heterocycles. The first-order chi connectivity index (χ1) is 16.7. The zero-order valence-corrected chi connectivity index (χ0v) is 21.8. The Labute approximate surface area is 211 Å². The van der Waals surface area contributed by atoms with E-state index in [0.29, 0.717) is 26.8 Å². The van der Waals surface area contributed by atoms with Crippen LogP contribution in [0.25, 0.3) is 22.3 Å². The lowest BCUT2D eigenvalue weighted by atomic mass is 9.96. The fraction of sp³-hybridized carbons (Fsp3) is 0.222. The molecule has 7 nitrogen and oxygen atoms in total. The van der Waals surface area contributed by atoms with Crippen LogP contribution in [0.1, 0.15) is 36.5 Å². The maximum absolute atomic E-state index is 13.6. The number of fused-ring (bicyclic) bond motifs is 1. The van der Waals surface area contributed by atoms with E-state index in [-0.39, 0.29) is 23.0 Å². The minimum atomic E-state index is -0.315. The zero-order chi connectivity index (χ0) is 25.3. The number of aromatic hydroxyl groups is 1. The molecule has 35 heavy (non-hydrogen) atoms. The molecule has 0 radical (unpaired) electrons. The topological polar surface area (TPSA) is 85.9 Å². The van der Waals surface area contributed by atoms with Crippen LogP contribution in [0, 0.1) is 6.92 Å². The molecular formula is C27H26BrN3O4. The Morgan fingerprint density at radius 2 is 1.80 bits per heavy atom. The van der Waals surface area contributed by atoms with Gasteiger partial charge in [0.1, 0.15) is 5.75 Å². The van der Waals surface area contributed by atoms with E-state index in [0.717, 1.165) is 22.4 Å². The number of aromatic nitrogens is 2. The highest BCUT2D eigenvalue weighted by Gasteiger charge is 2.18. The maximum atomic E-state index is 13.6. The molecule has 8 heteroatoms. The maximum Gasteiger partial charge on any atom is 0.282 e. The van der Waals surface area contributed by atoms with E-state index in [1.807, 2.05) is 31.2 Å². The van der Waals surface area contributed by atoms with Gasteiger partial charge in [-0.05, 0) is 60.4 Å². The summed E-state index contributed by atoms with van der Waals surface area (Å²) >= 11 is 3.41. The highest BCUT2D eigenvalue weighted by Crippen LogP contribution is 2.35. The van der Waals surface area contributed by atoms with Crippen molar-refractivity contribution >= 4 is 33.0 Å². The van der Waals surface area contributed by atoms with Gasteiger partial charge in [-0.3, -0.25) is 4.79 Å². The molecule has 0 bridgehead atoms. The number of rotatable bonds is 6. The Hall–Kier alpha value is -3.65. The van der Waals surface area contributed by atoms with Crippen molar-refractivity contribution in [1.82, 2.24) is 9.66 Å². The lowest BCUT2D eigenvalue weighted by Gasteiger charge is -2.17. The van der Waals surface area contributed by atoms with E-state index < -0.39 is 0 Å². The second kappa shape index (κ2) is 9.92. The standard InChI is InChI=1S/C27H26BrN3O4/c1-15(2)20-13-21(16(3)10-23(20)34-4)26-30-22-9-7-6-8-19(22)27(33)31(26)29-14-17-11-18(28)12-24(35-5)25(17)32/h6-15,32H,1-5H3. The number of benzene rings is 3. The number of para-hydroxylation sites is 1. The second-order valence-corrected chi connectivity index (χ2v) is 9.34. The molecule has 1 N–H and O–H groups in total. The van der Waals surface area contributed by atoms with Crippen molar-refractivity contribution in [3.63, 3.8) is 0 Å². The predicted octanol–water partition coefficient (Wildman–Crippen LogP) is 5.86. The number of phenols is 1. The Balaban J connectivity index is 2.00. The molecule has 4 rings (SSSR count). The van der Waals surface area contributed by atoms with Crippen LogP contribution in [0.3, 0.4) is 0 Å². The summed E-state index contributed by atoms with van der Waals surface area (Å²) in [5.74, 6) is 1.58. The molecule has 4 aromatic rings. The van der Waals surface area contributed by atoms with Crippen molar-refractivity contribution in [2.45, 2.75) is 26.7 Å². The molecule has 180 valence electrons. The Morgan fingerprint density at radius 3 is 2.49 bits per heavy atom. The fourth-order valence-corrected chi connectivity index (χ4v) is 4.40. The van der Waals surface area contributed by atoms with Gasteiger partial charge in [0.25, 0.3) is 5.56 Å². The number of hydrogen-bond donors (Lipinski definition) is 1. The second-order valence-electron chi connectivity index (χ2n) is 8.42. The minimum absolute atomic E-state index is 0.0782. The molecule has 0 aliphatic heterocycles. The summed E-state index contributed by atoms with van der Waals surface area (Å²) < 4.78 is 12.8. The van der Waals surface area contributed by atoms with E-state index in [2.05, 4.69) is 34.9 Å². The number of aryl methyl sites for hydroxylation is 1. The van der Waals surface area contributed by atoms with Gasteiger partial charge in [-0.25, -0.2) is 4.98 Å². The summed E-state index contributed by atoms with van der Waals surface area (Å²) in [6.07, 6.45) is 1.42. The monoisotopic (exact) mass is 535 g/mol. The van der Waals surface area contributed by atoms with E-state index >= 15 is 0 Å².